The summed E-state index contributed by atoms with van der Waals surface area (Å²) in [5.74, 6) is -1.25. The Morgan fingerprint density at radius 3 is 2.55 bits per heavy atom. The molecule has 1 aliphatic heterocycles. The molecular weight excluding hydrogens is 456 g/mol. The van der Waals surface area contributed by atoms with Gasteiger partial charge in [-0.25, -0.2) is 9.69 Å². The Morgan fingerprint density at radius 1 is 1.09 bits per heavy atom. The molecule has 2 aromatic heterocycles. The van der Waals surface area contributed by atoms with Crippen molar-refractivity contribution in [2.24, 2.45) is 0 Å². The lowest BCUT2D eigenvalue weighted by Gasteiger charge is -2.12. The zero-order valence-corrected chi connectivity index (χ0v) is 19.9. The normalized spacial score (nSPS) is 17.2. The van der Waals surface area contributed by atoms with Crippen LogP contribution in [0, 0.1) is 13.8 Å². The average molecular weight is 479 g/mol. The molecule has 33 heavy (non-hydrogen) atoms. The summed E-state index contributed by atoms with van der Waals surface area (Å²) in [7, 11) is 0. The van der Waals surface area contributed by atoms with E-state index in [-0.39, 0.29) is 11.1 Å². The highest BCUT2D eigenvalue weighted by molar-refractivity contribution is 8.19. The highest BCUT2D eigenvalue weighted by Gasteiger charge is 2.36. The maximum Gasteiger partial charge on any atom is 0.339 e. The molecule has 0 atom stereocenters. The van der Waals surface area contributed by atoms with Crippen LogP contribution in [0.5, 0.6) is 0 Å². The van der Waals surface area contributed by atoms with Crippen molar-refractivity contribution < 1.29 is 19.5 Å². The second-order valence-corrected chi connectivity index (χ2v) is 10.3. The van der Waals surface area contributed by atoms with Gasteiger partial charge in [0, 0.05) is 16.3 Å². The number of thiophene rings is 1. The number of carbonyl (C=O) groups excluding carboxylic acids is 2. The molecule has 2 amide bonds. The van der Waals surface area contributed by atoms with Crippen molar-refractivity contribution in [3.8, 4) is 5.00 Å². The number of nitrogens with zero attached hydrogens (tertiary/aromatic N) is 2. The third kappa shape index (κ3) is 3.63. The van der Waals surface area contributed by atoms with E-state index < -0.39 is 5.97 Å². The summed E-state index contributed by atoms with van der Waals surface area (Å²) in [5.41, 5.74) is 4.44. The molecule has 1 saturated heterocycles. The molecule has 3 aromatic rings. The van der Waals surface area contributed by atoms with Crippen molar-refractivity contribution in [1.29, 1.82) is 0 Å². The van der Waals surface area contributed by atoms with Gasteiger partial charge in [0.2, 0.25) is 0 Å². The molecule has 1 N–H and O–H groups in total. The number of benzene rings is 1. The van der Waals surface area contributed by atoms with Gasteiger partial charge in [-0.05, 0) is 86.7 Å². The number of carboxylic acid groups (broad SMARTS) is 1. The summed E-state index contributed by atoms with van der Waals surface area (Å²) < 4.78 is 1.97. The fraction of sp³-hybridized carbons (Fsp3) is 0.240. The molecular formula is C25H22N2O4S2. The van der Waals surface area contributed by atoms with Crippen LogP contribution < -0.4 is 4.90 Å². The summed E-state index contributed by atoms with van der Waals surface area (Å²) in [6.45, 7) is 3.86. The van der Waals surface area contributed by atoms with Crippen molar-refractivity contribution in [3.63, 3.8) is 0 Å². The number of carboxylic acids is 1. The molecule has 1 aliphatic carbocycles. The molecule has 168 valence electrons. The van der Waals surface area contributed by atoms with Gasteiger partial charge in [-0.2, -0.15) is 0 Å². The van der Waals surface area contributed by atoms with Crippen molar-refractivity contribution in [1.82, 2.24) is 4.57 Å². The van der Waals surface area contributed by atoms with Gasteiger partial charge in [-0.3, -0.25) is 9.59 Å². The first-order valence-electron chi connectivity index (χ1n) is 10.8. The number of thioether (sulfide) groups is 1. The van der Waals surface area contributed by atoms with Crippen LogP contribution in [0.1, 0.15) is 50.6 Å². The Kier molecular flexibility index (Phi) is 5.50. The van der Waals surface area contributed by atoms with E-state index in [4.69, 9.17) is 0 Å². The lowest BCUT2D eigenvalue weighted by molar-refractivity contribution is -0.113. The van der Waals surface area contributed by atoms with E-state index in [0.717, 1.165) is 69.8 Å². The van der Waals surface area contributed by atoms with Crippen LogP contribution in [0.3, 0.4) is 0 Å². The number of imide groups is 1. The predicted molar refractivity (Wildman–Crippen MR) is 132 cm³/mol. The van der Waals surface area contributed by atoms with Crippen LogP contribution in [0.4, 0.5) is 10.5 Å². The number of hydrogen-bond donors (Lipinski definition) is 1. The zero-order chi connectivity index (χ0) is 23.3. The van der Waals surface area contributed by atoms with Gasteiger partial charge in [-0.1, -0.05) is 18.2 Å². The Labute approximate surface area is 199 Å². The third-order valence-electron chi connectivity index (χ3n) is 6.13. The molecule has 0 bridgehead atoms. The number of aromatic carboxylic acids is 1. The Hall–Kier alpha value is -3.10. The smallest absolute Gasteiger partial charge is 0.339 e. The topological polar surface area (TPSA) is 79.6 Å². The standard InChI is InChI=1S/C25H22N2O4S2/c1-14-12-16(13-20-22(28)27(25(31)33-20)17-8-4-3-5-9-17)15(2)26(14)23-21(24(29)30)18-10-6-7-11-19(18)32-23/h3-5,8-9,12-13H,6-7,10-11H2,1-2H3,(H,29,30). The number of carbonyl (C=O) groups is 3. The van der Waals surface area contributed by atoms with Gasteiger partial charge in [-0.15, -0.1) is 11.3 Å². The van der Waals surface area contributed by atoms with Crippen molar-refractivity contribution >= 4 is 52.0 Å². The quantitative estimate of drug-likeness (QED) is 0.467. The number of hydrogen-bond acceptors (Lipinski definition) is 5. The van der Waals surface area contributed by atoms with Crippen molar-refractivity contribution in [2.45, 2.75) is 39.5 Å². The maximum atomic E-state index is 13.0. The van der Waals surface area contributed by atoms with Gasteiger partial charge in [0.1, 0.15) is 5.00 Å². The summed E-state index contributed by atoms with van der Waals surface area (Å²) in [4.78, 5) is 40.4. The Morgan fingerprint density at radius 2 is 1.82 bits per heavy atom. The molecule has 0 radical (unpaired) electrons. The minimum Gasteiger partial charge on any atom is -0.478 e. The number of rotatable bonds is 4. The molecule has 0 spiro atoms. The first-order valence-corrected chi connectivity index (χ1v) is 12.4. The monoisotopic (exact) mass is 478 g/mol. The first kappa shape index (κ1) is 21.7. The van der Waals surface area contributed by atoms with Gasteiger partial charge in [0.05, 0.1) is 16.2 Å². The van der Waals surface area contributed by atoms with Crippen LogP contribution in [-0.2, 0) is 17.6 Å². The van der Waals surface area contributed by atoms with Crippen molar-refractivity contribution in [3.05, 3.63) is 74.3 Å². The van der Waals surface area contributed by atoms with Crippen LogP contribution >= 0.6 is 23.1 Å². The zero-order valence-electron chi connectivity index (χ0n) is 18.3. The fourth-order valence-corrected chi connectivity index (χ4v) is 6.91. The first-order chi connectivity index (χ1) is 15.9. The summed E-state index contributed by atoms with van der Waals surface area (Å²) in [6, 6.07) is 10.8. The van der Waals surface area contributed by atoms with Gasteiger partial charge >= 0.3 is 5.97 Å². The molecule has 0 saturated carbocycles. The van der Waals surface area contributed by atoms with E-state index >= 15 is 0 Å². The van der Waals surface area contributed by atoms with E-state index in [1.165, 1.54) is 4.90 Å². The lowest BCUT2D eigenvalue weighted by atomic mass is 9.95. The molecule has 2 aliphatic rings. The molecule has 5 rings (SSSR count). The average Bonchev–Trinajstić information content (AvgIpc) is 3.39. The number of para-hydroxylation sites is 1. The SMILES string of the molecule is Cc1cc(C=C2SC(=O)N(c3ccccc3)C2=O)c(C)n1-c1sc2c(c1C(=O)O)CCCC2. The van der Waals surface area contributed by atoms with E-state index in [0.29, 0.717) is 16.2 Å². The number of aromatic nitrogens is 1. The van der Waals surface area contributed by atoms with E-state index in [1.807, 2.05) is 30.5 Å². The van der Waals surface area contributed by atoms with Crippen LogP contribution in [0.25, 0.3) is 11.1 Å². The summed E-state index contributed by atoms with van der Waals surface area (Å²) in [6.07, 6.45) is 5.54. The number of aryl methyl sites for hydroxylation is 2. The maximum absolute atomic E-state index is 13.0. The van der Waals surface area contributed by atoms with E-state index in [9.17, 15) is 19.5 Å². The van der Waals surface area contributed by atoms with Crippen molar-refractivity contribution in [2.75, 3.05) is 4.90 Å². The number of fused-ring (bicyclic) bond motifs is 1. The second-order valence-electron chi connectivity index (χ2n) is 8.21. The largest absolute Gasteiger partial charge is 0.478 e. The number of anilines is 1. The summed E-state index contributed by atoms with van der Waals surface area (Å²) >= 11 is 2.47. The van der Waals surface area contributed by atoms with E-state index in [2.05, 4.69) is 0 Å². The van der Waals surface area contributed by atoms with Gasteiger partial charge < -0.3 is 9.67 Å². The van der Waals surface area contributed by atoms with Crippen LogP contribution in [0.2, 0.25) is 0 Å². The van der Waals surface area contributed by atoms with E-state index in [1.54, 1.807) is 41.7 Å². The van der Waals surface area contributed by atoms with Gasteiger partial charge in [0.15, 0.2) is 0 Å². The molecule has 8 heteroatoms. The Bertz CT molecular complexity index is 1330. The highest BCUT2D eigenvalue weighted by atomic mass is 32.2. The second kappa shape index (κ2) is 8.35. The number of amides is 2. The minimum atomic E-state index is -0.901. The molecule has 0 unspecified atom stereocenters. The highest BCUT2D eigenvalue weighted by Crippen LogP contribution is 2.40. The predicted octanol–water partition coefficient (Wildman–Crippen LogP) is 5.97. The van der Waals surface area contributed by atoms with Crippen LogP contribution in [-0.4, -0.2) is 26.8 Å². The van der Waals surface area contributed by atoms with Gasteiger partial charge in [0.25, 0.3) is 11.1 Å². The molecule has 3 heterocycles. The van der Waals surface area contributed by atoms with Crippen LogP contribution in [0.15, 0.2) is 41.3 Å². The molecule has 6 nitrogen and oxygen atoms in total. The lowest BCUT2D eigenvalue weighted by Crippen LogP contribution is -2.27. The Balaban J connectivity index is 1.56. The minimum absolute atomic E-state index is 0.328. The fourth-order valence-electron chi connectivity index (χ4n) is 4.58. The molecule has 1 aromatic carbocycles. The molecule has 1 fully saturated rings. The third-order valence-corrected chi connectivity index (χ3v) is 8.28. The summed E-state index contributed by atoms with van der Waals surface area (Å²) in [5, 5.41) is 10.4.